The highest BCUT2D eigenvalue weighted by Crippen LogP contribution is 2.51. The van der Waals surface area contributed by atoms with E-state index in [0.29, 0.717) is 0 Å². The van der Waals surface area contributed by atoms with Crippen LogP contribution in [-0.2, 0) is 5.41 Å². The van der Waals surface area contributed by atoms with Crippen LogP contribution >= 0.6 is 22.7 Å². The fourth-order valence-electron chi connectivity index (χ4n) is 8.68. The third kappa shape index (κ3) is 4.40. The fourth-order valence-corrected chi connectivity index (χ4v) is 10.9. The first-order valence-corrected chi connectivity index (χ1v) is 19.5. The molecule has 3 heteroatoms. The van der Waals surface area contributed by atoms with Crippen molar-refractivity contribution in [2.45, 2.75) is 19.3 Å². The quantitative estimate of drug-likeness (QED) is 0.177. The van der Waals surface area contributed by atoms with E-state index in [0.717, 1.165) is 17.1 Å². The van der Waals surface area contributed by atoms with E-state index < -0.39 is 0 Å². The molecule has 0 N–H and O–H groups in total. The Bertz CT molecular complexity index is 3050. The minimum atomic E-state index is -0.0327. The molecule has 1 aliphatic rings. The van der Waals surface area contributed by atoms with Gasteiger partial charge in [-0.25, -0.2) is 0 Å². The largest absolute Gasteiger partial charge is 0.310 e. The zero-order chi connectivity index (χ0) is 34.6. The molecule has 246 valence electrons. The van der Waals surface area contributed by atoms with Gasteiger partial charge in [0.05, 0.1) is 0 Å². The van der Waals surface area contributed by atoms with Crippen molar-refractivity contribution in [2.75, 3.05) is 4.90 Å². The summed E-state index contributed by atoms with van der Waals surface area (Å²) in [6.07, 6.45) is 0. The number of thiophene rings is 2. The standard InChI is InChI=1S/C49H33NS2/c1-49(2)42-12-6-3-9-37(42)41-28-34(22-25-43(41)49)50(35-21-24-39-38-10-4-7-13-44(38)52-47(39)29-35)33-19-15-30(16-20-33)31-17-23-36-32(27-31)18-26-46-48(36)40-11-5-8-14-45(40)51-46/h3-29H,1-2H3. The van der Waals surface area contributed by atoms with Gasteiger partial charge in [-0.1, -0.05) is 117 Å². The van der Waals surface area contributed by atoms with Crippen molar-refractivity contribution in [3.63, 3.8) is 0 Å². The molecule has 0 amide bonds. The van der Waals surface area contributed by atoms with Crippen molar-refractivity contribution in [3.05, 3.63) is 175 Å². The molecule has 0 spiro atoms. The van der Waals surface area contributed by atoms with Gasteiger partial charge in [0, 0.05) is 62.8 Å². The molecule has 0 aliphatic heterocycles. The Hall–Kier alpha value is -5.74. The van der Waals surface area contributed by atoms with Crippen LogP contribution < -0.4 is 4.90 Å². The molecule has 2 heterocycles. The molecule has 1 aliphatic carbocycles. The van der Waals surface area contributed by atoms with Gasteiger partial charge in [0.15, 0.2) is 0 Å². The third-order valence-corrected chi connectivity index (χ3v) is 13.5. The number of rotatable bonds is 4. The highest BCUT2D eigenvalue weighted by Gasteiger charge is 2.35. The van der Waals surface area contributed by atoms with E-state index in [9.17, 15) is 0 Å². The second-order valence-electron chi connectivity index (χ2n) is 14.5. The van der Waals surface area contributed by atoms with E-state index in [-0.39, 0.29) is 5.41 Å². The SMILES string of the molecule is CC1(C)c2ccccc2-c2cc(N(c3ccc(-c4ccc5c(ccc6sc7ccccc7c65)c4)cc3)c3ccc4c(c3)sc3ccccc34)ccc21. The van der Waals surface area contributed by atoms with Gasteiger partial charge >= 0.3 is 0 Å². The van der Waals surface area contributed by atoms with Crippen LogP contribution in [0.25, 0.3) is 73.4 Å². The smallest absolute Gasteiger partial charge is 0.0476 e. The van der Waals surface area contributed by atoms with Crippen LogP contribution in [-0.4, -0.2) is 0 Å². The summed E-state index contributed by atoms with van der Waals surface area (Å²) >= 11 is 3.75. The maximum Gasteiger partial charge on any atom is 0.0476 e. The second-order valence-corrected chi connectivity index (χ2v) is 16.7. The summed E-state index contributed by atoms with van der Waals surface area (Å²) in [5.74, 6) is 0. The van der Waals surface area contributed by atoms with Gasteiger partial charge in [0.25, 0.3) is 0 Å². The van der Waals surface area contributed by atoms with E-state index >= 15 is 0 Å². The summed E-state index contributed by atoms with van der Waals surface area (Å²) in [5, 5.41) is 7.94. The molecular formula is C49H33NS2. The fraction of sp³-hybridized carbons (Fsp3) is 0.0612. The van der Waals surface area contributed by atoms with Crippen LogP contribution in [0.4, 0.5) is 17.1 Å². The van der Waals surface area contributed by atoms with E-state index in [1.54, 1.807) is 0 Å². The van der Waals surface area contributed by atoms with Crippen molar-refractivity contribution in [1.82, 2.24) is 0 Å². The molecule has 11 rings (SSSR count). The summed E-state index contributed by atoms with van der Waals surface area (Å²) in [4.78, 5) is 2.43. The lowest BCUT2D eigenvalue weighted by Crippen LogP contribution is -2.15. The van der Waals surface area contributed by atoms with Crippen LogP contribution in [0.3, 0.4) is 0 Å². The lowest BCUT2D eigenvalue weighted by atomic mass is 9.82. The molecule has 2 aromatic heterocycles. The average molecular weight is 700 g/mol. The molecule has 0 radical (unpaired) electrons. The molecule has 52 heavy (non-hydrogen) atoms. The molecule has 1 nitrogen and oxygen atoms in total. The second kappa shape index (κ2) is 11.1. The van der Waals surface area contributed by atoms with Crippen LogP contribution in [0.2, 0.25) is 0 Å². The molecule has 0 unspecified atom stereocenters. The zero-order valence-corrected chi connectivity index (χ0v) is 30.5. The molecule has 8 aromatic carbocycles. The van der Waals surface area contributed by atoms with Gasteiger partial charge in [-0.05, 0) is 105 Å². The van der Waals surface area contributed by atoms with Crippen LogP contribution in [0, 0.1) is 0 Å². The molecular weight excluding hydrogens is 667 g/mol. The Morgan fingerprint density at radius 1 is 0.404 bits per heavy atom. The lowest BCUT2D eigenvalue weighted by molar-refractivity contribution is 0.660. The first kappa shape index (κ1) is 29.9. The Morgan fingerprint density at radius 3 is 1.88 bits per heavy atom. The van der Waals surface area contributed by atoms with Crippen LogP contribution in [0.1, 0.15) is 25.0 Å². The summed E-state index contributed by atoms with van der Waals surface area (Å²) in [6.45, 7) is 4.70. The normalized spacial score (nSPS) is 13.3. The van der Waals surface area contributed by atoms with Crippen molar-refractivity contribution in [3.8, 4) is 22.3 Å². The van der Waals surface area contributed by atoms with E-state index in [2.05, 4.69) is 183 Å². The number of hydrogen-bond donors (Lipinski definition) is 0. The highest BCUT2D eigenvalue weighted by molar-refractivity contribution is 7.26. The number of fused-ring (bicyclic) bond motifs is 11. The summed E-state index contributed by atoms with van der Waals surface area (Å²) in [5.41, 5.74) is 11.3. The van der Waals surface area contributed by atoms with Gasteiger partial charge in [-0.15, -0.1) is 22.7 Å². The van der Waals surface area contributed by atoms with Gasteiger partial charge < -0.3 is 4.90 Å². The topological polar surface area (TPSA) is 3.24 Å². The third-order valence-electron chi connectivity index (χ3n) is 11.3. The lowest BCUT2D eigenvalue weighted by Gasteiger charge is -2.27. The highest BCUT2D eigenvalue weighted by atomic mass is 32.1. The molecule has 0 bridgehead atoms. The van der Waals surface area contributed by atoms with Gasteiger partial charge in [0.1, 0.15) is 0 Å². The minimum absolute atomic E-state index is 0.0327. The zero-order valence-electron chi connectivity index (χ0n) is 28.9. The number of nitrogens with zero attached hydrogens (tertiary/aromatic N) is 1. The van der Waals surface area contributed by atoms with Crippen molar-refractivity contribution >= 4 is 90.9 Å². The predicted molar refractivity (Wildman–Crippen MR) is 227 cm³/mol. The first-order valence-electron chi connectivity index (χ1n) is 17.9. The number of hydrogen-bond acceptors (Lipinski definition) is 3. The Kier molecular flexibility index (Phi) is 6.41. The first-order chi connectivity index (χ1) is 25.5. The van der Waals surface area contributed by atoms with Crippen molar-refractivity contribution in [2.24, 2.45) is 0 Å². The van der Waals surface area contributed by atoms with Gasteiger partial charge in [-0.2, -0.15) is 0 Å². The molecule has 0 atom stereocenters. The minimum Gasteiger partial charge on any atom is -0.310 e. The molecule has 10 aromatic rings. The monoisotopic (exact) mass is 699 g/mol. The van der Waals surface area contributed by atoms with E-state index in [1.807, 2.05) is 22.7 Å². The summed E-state index contributed by atoms with van der Waals surface area (Å²) < 4.78 is 5.32. The maximum absolute atomic E-state index is 2.43. The Labute approximate surface area is 310 Å². The predicted octanol–water partition coefficient (Wildman–Crippen LogP) is 15.0. The van der Waals surface area contributed by atoms with Gasteiger partial charge in [-0.3, -0.25) is 0 Å². The summed E-state index contributed by atoms with van der Waals surface area (Å²) in [7, 11) is 0. The van der Waals surface area contributed by atoms with E-state index in [4.69, 9.17) is 0 Å². The van der Waals surface area contributed by atoms with E-state index in [1.165, 1.54) is 84.5 Å². The number of anilines is 3. The van der Waals surface area contributed by atoms with Crippen molar-refractivity contribution < 1.29 is 0 Å². The number of benzene rings is 8. The average Bonchev–Trinajstić information content (AvgIpc) is 3.83. The van der Waals surface area contributed by atoms with Crippen LogP contribution in [0.15, 0.2) is 164 Å². The maximum atomic E-state index is 2.43. The molecule has 0 saturated carbocycles. The molecule has 0 saturated heterocycles. The van der Waals surface area contributed by atoms with Gasteiger partial charge in [0.2, 0.25) is 0 Å². The van der Waals surface area contributed by atoms with Crippen LogP contribution in [0.5, 0.6) is 0 Å². The van der Waals surface area contributed by atoms with Crippen molar-refractivity contribution in [1.29, 1.82) is 0 Å². The Balaban J connectivity index is 1.04. The molecule has 0 fully saturated rings. The Morgan fingerprint density at radius 2 is 1.02 bits per heavy atom. The summed E-state index contributed by atoms with van der Waals surface area (Å²) in [6, 6.07) is 61.1.